The van der Waals surface area contributed by atoms with Crippen molar-refractivity contribution in [2.75, 3.05) is 7.05 Å². The molecule has 0 saturated carbocycles. The summed E-state index contributed by atoms with van der Waals surface area (Å²) >= 11 is 0. The van der Waals surface area contributed by atoms with Crippen LogP contribution in [0.3, 0.4) is 0 Å². The van der Waals surface area contributed by atoms with Gasteiger partial charge in [0.25, 0.3) is 0 Å². The van der Waals surface area contributed by atoms with Crippen molar-refractivity contribution >= 4 is 11.6 Å². The van der Waals surface area contributed by atoms with Gasteiger partial charge in [0.05, 0.1) is 6.10 Å². The largest absolute Gasteiger partial charge is 0.491 e. The number of aryl methyl sites for hydroxylation is 1. The lowest BCUT2D eigenvalue weighted by Gasteiger charge is -2.13. The normalized spacial score (nSPS) is 11.5. The van der Waals surface area contributed by atoms with Gasteiger partial charge in [0.2, 0.25) is 5.91 Å². The van der Waals surface area contributed by atoms with E-state index in [4.69, 9.17) is 10.5 Å². The zero-order valence-corrected chi connectivity index (χ0v) is 11.3. The van der Waals surface area contributed by atoms with Gasteiger partial charge >= 0.3 is 0 Å². The SMILES string of the molecule is CNC(=O)C=C(N)c1ccc(OC(C)C)c(C)c1. The van der Waals surface area contributed by atoms with Gasteiger partial charge < -0.3 is 15.8 Å². The summed E-state index contributed by atoms with van der Waals surface area (Å²) < 4.78 is 5.64. The molecule has 0 radical (unpaired) electrons. The topological polar surface area (TPSA) is 64.4 Å². The van der Waals surface area contributed by atoms with Crippen molar-refractivity contribution in [2.45, 2.75) is 26.9 Å². The molecule has 0 fully saturated rings. The summed E-state index contributed by atoms with van der Waals surface area (Å²) in [5.41, 5.74) is 8.10. The Morgan fingerprint density at radius 2 is 2.11 bits per heavy atom. The second kappa shape index (κ2) is 6.10. The lowest BCUT2D eigenvalue weighted by molar-refractivity contribution is -0.116. The molecule has 0 aromatic heterocycles. The number of nitrogens with one attached hydrogen (secondary N) is 1. The Balaban J connectivity index is 2.97. The Morgan fingerprint density at radius 1 is 1.44 bits per heavy atom. The molecule has 0 aliphatic heterocycles. The molecule has 1 aromatic carbocycles. The first-order chi connectivity index (χ1) is 8.43. The third-order valence-electron chi connectivity index (χ3n) is 2.40. The van der Waals surface area contributed by atoms with Crippen molar-refractivity contribution in [1.82, 2.24) is 5.32 Å². The van der Waals surface area contributed by atoms with Gasteiger partial charge in [-0.1, -0.05) is 0 Å². The van der Waals surface area contributed by atoms with Crippen molar-refractivity contribution in [3.8, 4) is 5.75 Å². The first-order valence-corrected chi connectivity index (χ1v) is 5.90. The first kappa shape index (κ1) is 14.1. The van der Waals surface area contributed by atoms with E-state index in [0.29, 0.717) is 5.70 Å². The zero-order chi connectivity index (χ0) is 13.7. The molecule has 0 saturated heterocycles. The molecule has 0 aliphatic carbocycles. The van der Waals surface area contributed by atoms with Crippen molar-refractivity contribution in [3.63, 3.8) is 0 Å². The minimum Gasteiger partial charge on any atom is -0.491 e. The predicted octanol–water partition coefficient (Wildman–Crippen LogP) is 1.83. The van der Waals surface area contributed by atoms with E-state index in [0.717, 1.165) is 16.9 Å². The van der Waals surface area contributed by atoms with E-state index in [1.807, 2.05) is 39.0 Å². The molecule has 4 heteroatoms. The van der Waals surface area contributed by atoms with Crippen LogP contribution >= 0.6 is 0 Å². The maximum Gasteiger partial charge on any atom is 0.245 e. The number of likely N-dealkylation sites (N-methyl/N-ethyl adjacent to an activating group) is 1. The molecule has 1 rings (SSSR count). The molecule has 0 bridgehead atoms. The number of amides is 1. The quantitative estimate of drug-likeness (QED) is 0.799. The molecule has 0 spiro atoms. The Kier molecular flexibility index (Phi) is 4.77. The number of ether oxygens (including phenoxy) is 1. The average molecular weight is 248 g/mol. The Morgan fingerprint density at radius 3 is 2.61 bits per heavy atom. The Bertz CT molecular complexity index is 465. The van der Waals surface area contributed by atoms with Crippen LogP contribution in [0, 0.1) is 6.92 Å². The standard InChI is InChI=1S/C14H20N2O2/c1-9(2)18-13-6-5-11(7-10(13)3)12(15)8-14(17)16-4/h5-9H,15H2,1-4H3,(H,16,17). The molecule has 3 N–H and O–H groups in total. The van der Waals surface area contributed by atoms with E-state index >= 15 is 0 Å². The van der Waals surface area contributed by atoms with Gasteiger partial charge in [0.15, 0.2) is 0 Å². The minimum absolute atomic E-state index is 0.133. The highest BCUT2D eigenvalue weighted by Gasteiger charge is 2.05. The molecule has 0 heterocycles. The fourth-order valence-corrected chi connectivity index (χ4v) is 1.51. The molecule has 1 aromatic rings. The zero-order valence-electron chi connectivity index (χ0n) is 11.3. The molecule has 98 valence electrons. The van der Waals surface area contributed by atoms with Gasteiger partial charge in [-0.2, -0.15) is 0 Å². The maximum atomic E-state index is 11.2. The number of hydrogen-bond donors (Lipinski definition) is 2. The molecule has 0 unspecified atom stereocenters. The van der Waals surface area contributed by atoms with Gasteiger partial charge in [-0.25, -0.2) is 0 Å². The molecular formula is C14H20N2O2. The van der Waals surface area contributed by atoms with Crippen LogP contribution in [0.5, 0.6) is 5.75 Å². The van der Waals surface area contributed by atoms with Crippen LogP contribution in [0.1, 0.15) is 25.0 Å². The van der Waals surface area contributed by atoms with E-state index in [9.17, 15) is 4.79 Å². The monoisotopic (exact) mass is 248 g/mol. The van der Waals surface area contributed by atoms with E-state index in [2.05, 4.69) is 5.32 Å². The summed E-state index contributed by atoms with van der Waals surface area (Å²) in [6.45, 7) is 5.91. The summed E-state index contributed by atoms with van der Waals surface area (Å²) in [6.07, 6.45) is 1.51. The minimum atomic E-state index is -0.215. The summed E-state index contributed by atoms with van der Waals surface area (Å²) in [5.74, 6) is 0.620. The summed E-state index contributed by atoms with van der Waals surface area (Å²) in [4.78, 5) is 11.2. The van der Waals surface area contributed by atoms with Gasteiger partial charge in [0.1, 0.15) is 5.75 Å². The van der Waals surface area contributed by atoms with Crippen molar-refractivity contribution in [1.29, 1.82) is 0 Å². The molecular weight excluding hydrogens is 228 g/mol. The highest BCUT2D eigenvalue weighted by atomic mass is 16.5. The molecule has 18 heavy (non-hydrogen) atoms. The number of carbonyl (C=O) groups excluding carboxylic acids is 1. The maximum absolute atomic E-state index is 11.2. The van der Waals surface area contributed by atoms with E-state index in [1.165, 1.54) is 6.08 Å². The summed E-state index contributed by atoms with van der Waals surface area (Å²) in [7, 11) is 1.57. The van der Waals surface area contributed by atoms with Crippen LogP contribution < -0.4 is 15.8 Å². The second-order valence-corrected chi connectivity index (χ2v) is 4.36. The lowest BCUT2D eigenvalue weighted by Crippen LogP contribution is -2.16. The van der Waals surface area contributed by atoms with Crippen LogP contribution in [-0.2, 0) is 4.79 Å². The molecule has 4 nitrogen and oxygen atoms in total. The molecule has 0 atom stereocenters. The second-order valence-electron chi connectivity index (χ2n) is 4.36. The Hall–Kier alpha value is -1.97. The summed E-state index contributed by atoms with van der Waals surface area (Å²) in [6, 6.07) is 5.63. The van der Waals surface area contributed by atoms with Gasteiger partial charge in [-0.3, -0.25) is 4.79 Å². The number of benzene rings is 1. The fraction of sp³-hybridized carbons (Fsp3) is 0.357. The number of nitrogens with two attached hydrogens (primary N) is 1. The van der Waals surface area contributed by atoms with Crippen LogP contribution in [0.2, 0.25) is 0 Å². The van der Waals surface area contributed by atoms with Gasteiger partial charge in [-0.05, 0) is 50.1 Å². The summed E-state index contributed by atoms with van der Waals surface area (Å²) in [5, 5.41) is 2.50. The lowest BCUT2D eigenvalue weighted by atomic mass is 10.1. The van der Waals surface area contributed by atoms with Crippen LogP contribution in [0.15, 0.2) is 24.3 Å². The first-order valence-electron chi connectivity index (χ1n) is 5.90. The van der Waals surface area contributed by atoms with E-state index in [-0.39, 0.29) is 12.0 Å². The third kappa shape index (κ3) is 3.80. The van der Waals surface area contributed by atoms with E-state index in [1.54, 1.807) is 7.05 Å². The average Bonchev–Trinajstić information content (AvgIpc) is 2.30. The van der Waals surface area contributed by atoms with E-state index < -0.39 is 0 Å². The van der Waals surface area contributed by atoms with Crippen molar-refractivity contribution in [3.05, 3.63) is 35.4 Å². The molecule has 1 amide bonds. The van der Waals surface area contributed by atoms with Gasteiger partial charge in [-0.15, -0.1) is 0 Å². The highest BCUT2D eigenvalue weighted by Crippen LogP contribution is 2.22. The van der Waals surface area contributed by atoms with Crippen LogP contribution in [0.25, 0.3) is 5.70 Å². The van der Waals surface area contributed by atoms with Crippen molar-refractivity contribution in [2.24, 2.45) is 5.73 Å². The highest BCUT2D eigenvalue weighted by molar-refractivity contribution is 5.94. The number of carbonyl (C=O) groups is 1. The smallest absolute Gasteiger partial charge is 0.245 e. The van der Waals surface area contributed by atoms with Crippen molar-refractivity contribution < 1.29 is 9.53 Å². The van der Waals surface area contributed by atoms with Crippen LogP contribution in [0.4, 0.5) is 0 Å². The predicted molar refractivity (Wildman–Crippen MR) is 73.2 cm³/mol. The third-order valence-corrected chi connectivity index (χ3v) is 2.40. The fourth-order valence-electron chi connectivity index (χ4n) is 1.51. The van der Waals surface area contributed by atoms with Gasteiger partial charge in [0, 0.05) is 18.8 Å². The number of hydrogen-bond acceptors (Lipinski definition) is 3. The molecule has 0 aliphatic rings. The number of rotatable bonds is 4. The Labute approximate surface area is 108 Å². The van der Waals surface area contributed by atoms with Crippen LogP contribution in [-0.4, -0.2) is 19.1 Å².